The van der Waals surface area contributed by atoms with Crippen LogP contribution in [0, 0.1) is 0 Å². The molecule has 0 aliphatic carbocycles. The zero-order valence-electron chi connectivity index (χ0n) is 20.1. The first kappa shape index (κ1) is 31.7. The van der Waals surface area contributed by atoms with E-state index in [1.54, 1.807) is 11.4 Å². The molecule has 2 aromatic rings. The number of aromatic nitrogens is 1. The SMILES string of the molecule is CCCN(CCC)CCNC(=O)c1csc(NC(=O)c2cc(OC)c(OC)cc2OC)n1.Cl.Cl. The Morgan fingerprint density at radius 3 is 2.06 bits per heavy atom. The first-order chi connectivity index (χ1) is 15.5. The molecule has 0 spiro atoms. The van der Waals surface area contributed by atoms with Gasteiger partial charge in [-0.2, -0.15) is 0 Å². The second-order valence-corrected chi connectivity index (χ2v) is 7.86. The van der Waals surface area contributed by atoms with Gasteiger partial charge >= 0.3 is 0 Å². The van der Waals surface area contributed by atoms with Crippen molar-refractivity contribution < 1.29 is 23.8 Å². The second-order valence-electron chi connectivity index (χ2n) is 7.00. The van der Waals surface area contributed by atoms with Gasteiger partial charge in [0, 0.05) is 30.6 Å². The number of rotatable bonds is 13. The van der Waals surface area contributed by atoms with Gasteiger partial charge in [-0.1, -0.05) is 13.8 Å². The van der Waals surface area contributed by atoms with Gasteiger partial charge in [0.1, 0.15) is 11.4 Å². The number of nitrogens with zero attached hydrogens (tertiary/aromatic N) is 2. The molecule has 0 saturated carbocycles. The highest BCUT2D eigenvalue weighted by Gasteiger charge is 2.19. The van der Waals surface area contributed by atoms with Gasteiger partial charge in [-0.15, -0.1) is 36.2 Å². The van der Waals surface area contributed by atoms with Crippen molar-refractivity contribution in [1.29, 1.82) is 0 Å². The minimum atomic E-state index is -0.432. The van der Waals surface area contributed by atoms with Crippen molar-refractivity contribution in [2.45, 2.75) is 26.7 Å². The van der Waals surface area contributed by atoms with Crippen LogP contribution >= 0.6 is 36.2 Å². The van der Waals surface area contributed by atoms with E-state index in [0.717, 1.165) is 32.5 Å². The predicted octanol–water partition coefficient (Wildman–Crippen LogP) is 4.12. The third-order valence-electron chi connectivity index (χ3n) is 4.70. The largest absolute Gasteiger partial charge is 0.496 e. The zero-order chi connectivity index (χ0) is 23.5. The molecule has 0 fully saturated rings. The molecule has 0 aliphatic heterocycles. The summed E-state index contributed by atoms with van der Waals surface area (Å²) in [6, 6.07) is 3.11. The van der Waals surface area contributed by atoms with Gasteiger partial charge in [-0.05, 0) is 25.9 Å². The quantitative estimate of drug-likeness (QED) is 0.397. The Balaban J connectivity index is 0.00000544. The molecule has 1 heterocycles. The van der Waals surface area contributed by atoms with Gasteiger partial charge in [0.05, 0.1) is 26.9 Å². The van der Waals surface area contributed by atoms with Crippen molar-refractivity contribution in [2.24, 2.45) is 0 Å². The van der Waals surface area contributed by atoms with Crippen molar-refractivity contribution >= 4 is 53.1 Å². The van der Waals surface area contributed by atoms with E-state index < -0.39 is 5.91 Å². The summed E-state index contributed by atoms with van der Waals surface area (Å²) < 4.78 is 15.8. The van der Waals surface area contributed by atoms with Gasteiger partial charge in [0.15, 0.2) is 16.6 Å². The summed E-state index contributed by atoms with van der Waals surface area (Å²) in [5.41, 5.74) is 0.528. The van der Waals surface area contributed by atoms with Crippen LogP contribution in [0.1, 0.15) is 47.5 Å². The second kappa shape index (κ2) is 16.4. The molecular weight excluding hydrogens is 503 g/mol. The maximum Gasteiger partial charge on any atom is 0.270 e. The number of thiazole rings is 1. The number of carbonyl (C=O) groups excluding carboxylic acids is 2. The zero-order valence-corrected chi connectivity index (χ0v) is 22.6. The molecule has 0 aliphatic rings. The molecule has 0 bridgehead atoms. The fourth-order valence-electron chi connectivity index (χ4n) is 3.19. The van der Waals surface area contributed by atoms with Crippen molar-refractivity contribution in [2.75, 3.05) is 52.8 Å². The van der Waals surface area contributed by atoms with Gasteiger partial charge in [-0.3, -0.25) is 14.9 Å². The van der Waals surface area contributed by atoms with Gasteiger partial charge in [-0.25, -0.2) is 4.98 Å². The smallest absolute Gasteiger partial charge is 0.270 e. The third kappa shape index (κ3) is 8.83. The van der Waals surface area contributed by atoms with Crippen LogP contribution in [0.4, 0.5) is 5.13 Å². The fraction of sp³-hybridized carbons (Fsp3) is 0.500. The number of methoxy groups -OCH3 is 3. The summed E-state index contributed by atoms with van der Waals surface area (Å²) in [5.74, 6) is 0.485. The molecule has 0 unspecified atom stereocenters. The van der Waals surface area contributed by atoms with Crippen LogP contribution < -0.4 is 24.8 Å². The lowest BCUT2D eigenvalue weighted by Crippen LogP contribution is -2.35. The minimum Gasteiger partial charge on any atom is -0.496 e. The molecule has 1 aromatic carbocycles. The molecule has 12 heteroatoms. The number of hydrogen-bond donors (Lipinski definition) is 2. The van der Waals surface area contributed by atoms with Crippen molar-refractivity contribution in [3.8, 4) is 17.2 Å². The average molecular weight is 538 g/mol. The number of halogens is 2. The number of hydrogen-bond acceptors (Lipinski definition) is 8. The number of ether oxygens (including phenoxy) is 3. The molecule has 34 heavy (non-hydrogen) atoms. The third-order valence-corrected chi connectivity index (χ3v) is 5.46. The first-order valence-corrected chi connectivity index (χ1v) is 11.4. The molecular formula is C22H34Cl2N4O5S. The lowest BCUT2D eigenvalue weighted by atomic mass is 10.1. The van der Waals surface area contributed by atoms with Crippen molar-refractivity contribution in [3.63, 3.8) is 0 Å². The van der Waals surface area contributed by atoms with Crippen LogP contribution in [-0.2, 0) is 0 Å². The van der Waals surface area contributed by atoms with E-state index >= 15 is 0 Å². The lowest BCUT2D eigenvalue weighted by Gasteiger charge is -2.20. The number of carbonyl (C=O) groups is 2. The summed E-state index contributed by atoms with van der Waals surface area (Å²) in [7, 11) is 4.46. The summed E-state index contributed by atoms with van der Waals surface area (Å²) in [5, 5.41) is 7.53. The van der Waals surface area contributed by atoms with Crippen molar-refractivity contribution in [1.82, 2.24) is 15.2 Å². The van der Waals surface area contributed by atoms with E-state index in [1.807, 2.05) is 0 Å². The topological polar surface area (TPSA) is 102 Å². The number of amides is 2. The highest BCUT2D eigenvalue weighted by Crippen LogP contribution is 2.35. The average Bonchev–Trinajstić information content (AvgIpc) is 3.26. The lowest BCUT2D eigenvalue weighted by molar-refractivity contribution is 0.0942. The first-order valence-electron chi connectivity index (χ1n) is 10.5. The summed E-state index contributed by atoms with van der Waals surface area (Å²) in [6.45, 7) is 7.64. The fourth-order valence-corrected chi connectivity index (χ4v) is 3.88. The van der Waals surface area contributed by atoms with Crippen molar-refractivity contribution in [3.05, 3.63) is 28.8 Å². The van der Waals surface area contributed by atoms with Crippen LogP contribution in [0.5, 0.6) is 17.2 Å². The standard InChI is InChI=1S/C22H32N4O5S.2ClH/c1-6-9-26(10-7-2)11-8-23-21(28)16-14-32-22(24-16)25-20(27)15-12-18(30-4)19(31-5)13-17(15)29-3;;/h12-14H,6-11H2,1-5H3,(H,23,28)(H,24,25,27);2*1H. The maximum atomic E-state index is 12.8. The highest BCUT2D eigenvalue weighted by molar-refractivity contribution is 7.14. The summed E-state index contributed by atoms with van der Waals surface area (Å²) >= 11 is 1.18. The molecule has 0 saturated heterocycles. The van der Waals surface area contributed by atoms with E-state index in [0.29, 0.717) is 28.9 Å². The van der Waals surface area contributed by atoms with E-state index in [4.69, 9.17) is 14.2 Å². The van der Waals surface area contributed by atoms with Crippen LogP contribution in [-0.4, -0.2) is 69.2 Å². The summed E-state index contributed by atoms with van der Waals surface area (Å²) in [4.78, 5) is 31.8. The van der Waals surface area contributed by atoms with Crippen LogP contribution in [0.15, 0.2) is 17.5 Å². The number of benzene rings is 1. The van der Waals surface area contributed by atoms with Gasteiger partial charge in [0.2, 0.25) is 0 Å². The summed E-state index contributed by atoms with van der Waals surface area (Å²) in [6.07, 6.45) is 2.15. The van der Waals surface area contributed by atoms with E-state index in [2.05, 4.69) is 34.4 Å². The maximum absolute atomic E-state index is 12.8. The molecule has 192 valence electrons. The minimum absolute atomic E-state index is 0. The molecule has 0 radical (unpaired) electrons. The molecule has 0 atom stereocenters. The molecule has 1 aromatic heterocycles. The van der Waals surface area contributed by atoms with E-state index in [-0.39, 0.29) is 42.0 Å². The Labute approximate surface area is 217 Å². The normalized spacial score (nSPS) is 10.1. The Hall–Kier alpha value is -2.27. The van der Waals surface area contributed by atoms with E-state index in [9.17, 15) is 9.59 Å². The molecule has 2 N–H and O–H groups in total. The number of nitrogens with one attached hydrogen (secondary N) is 2. The Kier molecular flexibility index (Phi) is 15.3. The van der Waals surface area contributed by atoms with Crippen LogP contribution in [0.3, 0.4) is 0 Å². The van der Waals surface area contributed by atoms with Gasteiger partial charge < -0.3 is 24.4 Å². The highest BCUT2D eigenvalue weighted by atomic mass is 35.5. The van der Waals surface area contributed by atoms with Crippen LogP contribution in [0.25, 0.3) is 0 Å². The molecule has 2 amide bonds. The van der Waals surface area contributed by atoms with Gasteiger partial charge in [0.25, 0.3) is 11.8 Å². The van der Waals surface area contributed by atoms with Crippen LogP contribution in [0.2, 0.25) is 0 Å². The predicted molar refractivity (Wildman–Crippen MR) is 140 cm³/mol. The Morgan fingerprint density at radius 1 is 0.912 bits per heavy atom. The Morgan fingerprint density at radius 2 is 1.50 bits per heavy atom. The molecule has 2 rings (SSSR count). The van der Waals surface area contributed by atoms with E-state index in [1.165, 1.54) is 38.7 Å². The number of anilines is 1. The molecule has 9 nitrogen and oxygen atoms in total. The monoisotopic (exact) mass is 536 g/mol. The Bertz CT molecular complexity index is 907.